The van der Waals surface area contributed by atoms with Crippen molar-refractivity contribution in [2.24, 2.45) is 0 Å². The number of halogens is 2. The summed E-state index contributed by atoms with van der Waals surface area (Å²) in [4.78, 5) is 12.5. The molecule has 1 atom stereocenters. The number of amides is 1. The maximum Gasteiger partial charge on any atom is 0.262 e. The summed E-state index contributed by atoms with van der Waals surface area (Å²) in [5.74, 6) is -2.08. The SMILES string of the molecule is COc1ccc(-n2c(C)cc(/C=C(\C#N)C(=O)NC[C@@H](O)c3ccc(F)c(F)c3)c2C)cc1. The van der Waals surface area contributed by atoms with Crippen LogP contribution in [0.15, 0.2) is 54.1 Å². The van der Waals surface area contributed by atoms with Crippen molar-refractivity contribution >= 4 is 12.0 Å². The summed E-state index contributed by atoms with van der Waals surface area (Å²) in [5, 5.41) is 22.1. The second-order valence-electron chi connectivity index (χ2n) is 7.43. The largest absolute Gasteiger partial charge is 0.497 e. The molecule has 0 spiro atoms. The summed E-state index contributed by atoms with van der Waals surface area (Å²) in [7, 11) is 1.59. The first kappa shape index (κ1) is 23.7. The van der Waals surface area contributed by atoms with Crippen LogP contribution in [0.2, 0.25) is 0 Å². The van der Waals surface area contributed by atoms with Crippen LogP contribution in [0, 0.1) is 36.8 Å². The van der Waals surface area contributed by atoms with Crippen molar-refractivity contribution in [3.63, 3.8) is 0 Å². The van der Waals surface area contributed by atoms with Crippen molar-refractivity contribution in [1.29, 1.82) is 5.26 Å². The molecule has 0 fully saturated rings. The van der Waals surface area contributed by atoms with Gasteiger partial charge in [-0.25, -0.2) is 8.78 Å². The van der Waals surface area contributed by atoms with Crippen LogP contribution in [0.1, 0.15) is 28.6 Å². The van der Waals surface area contributed by atoms with Crippen molar-refractivity contribution < 1.29 is 23.4 Å². The molecule has 3 aromatic rings. The molecule has 0 saturated heterocycles. The lowest BCUT2D eigenvalue weighted by Crippen LogP contribution is -2.29. The third-order valence-electron chi connectivity index (χ3n) is 5.25. The highest BCUT2D eigenvalue weighted by molar-refractivity contribution is 6.01. The summed E-state index contributed by atoms with van der Waals surface area (Å²) in [6.45, 7) is 3.52. The zero-order valence-electron chi connectivity index (χ0n) is 18.4. The molecule has 6 nitrogen and oxygen atoms in total. The van der Waals surface area contributed by atoms with Crippen molar-refractivity contribution in [2.45, 2.75) is 20.0 Å². The zero-order valence-corrected chi connectivity index (χ0v) is 18.4. The van der Waals surface area contributed by atoms with E-state index in [0.29, 0.717) is 5.56 Å². The summed E-state index contributed by atoms with van der Waals surface area (Å²) >= 11 is 0. The molecule has 33 heavy (non-hydrogen) atoms. The molecule has 2 aromatic carbocycles. The standard InChI is InChI=1S/C25H23F2N3O3/c1-15-10-18(16(2)30(15)20-5-7-21(33-3)8-6-20)11-19(13-28)25(32)29-14-24(31)17-4-9-22(26)23(27)12-17/h4-12,24,31H,14H2,1-3H3,(H,29,32)/b19-11+/t24-/m1/s1. The fourth-order valence-corrected chi connectivity index (χ4v) is 3.49. The van der Waals surface area contributed by atoms with Gasteiger partial charge in [-0.2, -0.15) is 5.26 Å². The molecule has 170 valence electrons. The number of rotatable bonds is 7. The summed E-state index contributed by atoms with van der Waals surface area (Å²) in [5.41, 5.74) is 3.30. The van der Waals surface area contributed by atoms with Gasteiger partial charge in [0.15, 0.2) is 11.6 Å². The molecule has 3 rings (SSSR count). The van der Waals surface area contributed by atoms with Gasteiger partial charge in [0, 0.05) is 23.6 Å². The number of aromatic nitrogens is 1. The molecular formula is C25H23F2N3O3. The van der Waals surface area contributed by atoms with Crippen LogP contribution >= 0.6 is 0 Å². The molecule has 0 bridgehead atoms. The van der Waals surface area contributed by atoms with E-state index in [4.69, 9.17) is 4.74 Å². The lowest BCUT2D eigenvalue weighted by atomic mass is 10.1. The number of aliphatic hydroxyl groups excluding tert-OH is 1. The summed E-state index contributed by atoms with van der Waals surface area (Å²) in [6.07, 6.45) is 0.214. The first-order chi connectivity index (χ1) is 15.7. The lowest BCUT2D eigenvalue weighted by molar-refractivity contribution is -0.117. The number of aryl methyl sites for hydroxylation is 1. The Morgan fingerprint density at radius 1 is 1.18 bits per heavy atom. The molecule has 1 heterocycles. The van der Waals surface area contributed by atoms with E-state index in [1.165, 1.54) is 12.1 Å². The number of carbonyl (C=O) groups is 1. The first-order valence-electron chi connectivity index (χ1n) is 10.1. The van der Waals surface area contributed by atoms with Gasteiger partial charge >= 0.3 is 0 Å². The normalized spacial score (nSPS) is 12.2. The number of carbonyl (C=O) groups excluding carboxylic acids is 1. The molecule has 0 aliphatic rings. The number of hydrogen-bond donors (Lipinski definition) is 2. The molecule has 0 unspecified atom stereocenters. The molecule has 0 saturated carbocycles. The van der Waals surface area contributed by atoms with Gasteiger partial charge in [-0.1, -0.05) is 6.07 Å². The quantitative estimate of drug-likeness (QED) is 0.418. The Bertz CT molecular complexity index is 1240. The topological polar surface area (TPSA) is 87.3 Å². The summed E-state index contributed by atoms with van der Waals surface area (Å²) in [6, 6.07) is 14.2. The van der Waals surface area contributed by atoms with E-state index < -0.39 is 23.6 Å². The van der Waals surface area contributed by atoms with E-state index in [-0.39, 0.29) is 17.7 Å². The minimum atomic E-state index is -1.26. The van der Waals surface area contributed by atoms with Gasteiger partial charge in [0.05, 0.1) is 13.2 Å². The van der Waals surface area contributed by atoms with E-state index in [0.717, 1.165) is 35.0 Å². The smallest absolute Gasteiger partial charge is 0.262 e. The van der Waals surface area contributed by atoms with Gasteiger partial charge in [0.25, 0.3) is 5.91 Å². The van der Waals surface area contributed by atoms with Gasteiger partial charge in [-0.3, -0.25) is 4.79 Å². The Hall–Kier alpha value is -3.96. The molecule has 8 heteroatoms. The Kier molecular flexibility index (Phi) is 7.26. The number of benzene rings is 2. The van der Waals surface area contributed by atoms with Gasteiger partial charge < -0.3 is 19.7 Å². The minimum absolute atomic E-state index is 0.111. The number of nitrogens with zero attached hydrogens (tertiary/aromatic N) is 2. The number of nitriles is 1. The molecule has 0 aliphatic heterocycles. The van der Waals surface area contributed by atoms with Crippen LogP contribution in [-0.4, -0.2) is 29.2 Å². The van der Waals surface area contributed by atoms with E-state index in [1.807, 2.05) is 54.8 Å². The second kappa shape index (κ2) is 10.1. The number of hydrogen-bond acceptors (Lipinski definition) is 4. The highest BCUT2D eigenvalue weighted by atomic mass is 19.2. The van der Waals surface area contributed by atoms with Gasteiger partial charge in [0.1, 0.15) is 17.4 Å². The van der Waals surface area contributed by atoms with E-state index >= 15 is 0 Å². The number of ether oxygens (including phenoxy) is 1. The number of nitrogens with one attached hydrogen (secondary N) is 1. The third-order valence-corrected chi connectivity index (χ3v) is 5.25. The monoisotopic (exact) mass is 451 g/mol. The average molecular weight is 451 g/mol. The summed E-state index contributed by atoms with van der Waals surface area (Å²) < 4.78 is 33.6. The molecular weight excluding hydrogens is 428 g/mol. The van der Waals surface area contributed by atoms with Crippen LogP contribution < -0.4 is 10.1 Å². The number of methoxy groups -OCH3 is 1. The van der Waals surface area contributed by atoms with Crippen LogP contribution in [0.4, 0.5) is 8.78 Å². The maximum atomic E-state index is 13.4. The van der Waals surface area contributed by atoms with Crippen LogP contribution in [0.25, 0.3) is 11.8 Å². The molecule has 1 amide bonds. The van der Waals surface area contributed by atoms with Gasteiger partial charge in [-0.15, -0.1) is 0 Å². The van der Waals surface area contributed by atoms with Crippen molar-refractivity contribution in [2.75, 3.05) is 13.7 Å². The Labute approximate surface area is 190 Å². The maximum absolute atomic E-state index is 13.4. The molecule has 0 radical (unpaired) electrons. The molecule has 1 aromatic heterocycles. The van der Waals surface area contributed by atoms with Gasteiger partial charge in [-0.05, 0) is 73.5 Å². The zero-order chi connectivity index (χ0) is 24.1. The number of aliphatic hydroxyl groups is 1. The fraction of sp³-hybridized carbons (Fsp3) is 0.200. The first-order valence-corrected chi connectivity index (χ1v) is 10.1. The highest BCUT2D eigenvalue weighted by Crippen LogP contribution is 2.24. The Morgan fingerprint density at radius 2 is 1.88 bits per heavy atom. The lowest BCUT2D eigenvalue weighted by Gasteiger charge is -2.12. The van der Waals surface area contributed by atoms with Crippen LogP contribution in [-0.2, 0) is 4.79 Å². The van der Waals surface area contributed by atoms with E-state index in [1.54, 1.807) is 7.11 Å². The van der Waals surface area contributed by atoms with Crippen LogP contribution in [0.5, 0.6) is 5.75 Å². The highest BCUT2D eigenvalue weighted by Gasteiger charge is 2.16. The fourth-order valence-electron chi connectivity index (χ4n) is 3.49. The molecule has 2 N–H and O–H groups in total. The second-order valence-corrected chi connectivity index (χ2v) is 7.43. The van der Waals surface area contributed by atoms with E-state index in [9.17, 15) is 23.9 Å². The third kappa shape index (κ3) is 5.27. The van der Waals surface area contributed by atoms with Crippen molar-refractivity contribution in [1.82, 2.24) is 9.88 Å². The van der Waals surface area contributed by atoms with Crippen molar-refractivity contribution in [3.05, 3.63) is 88.3 Å². The van der Waals surface area contributed by atoms with Crippen LogP contribution in [0.3, 0.4) is 0 Å². The average Bonchev–Trinajstić information content (AvgIpc) is 3.09. The predicted molar refractivity (Wildman–Crippen MR) is 120 cm³/mol. The minimum Gasteiger partial charge on any atom is -0.497 e. The molecule has 0 aliphatic carbocycles. The Balaban J connectivity index is 1.77. The predicted octanol–water partition coefficient (Wildman–Crippen LogP) is 4.14. The van der Waals surface area contributed by atoms with Crippen molar-refractivity contribution in [3.8, 4) is 17.5 Å². The van der Waals surface area contributed by atoms with E-state index in [2.05, 4.69) is 5.32 Å². The van der Waals surface area contributed by atoms with Gasteiger partial charge in [0.2, 0.25) is 0 Å². The Morgan fingerprint density at radius 3 is 2.48 bits per heavy atom.